The number of aromatic hydroxyl groups is 5. The number of nitrogens with zero attached hydrogens (tertiary/aromatic N) is 4. The van der Waals surface area contributed by atoms with E-state index in [4.69, 9.17) is 9.97 Å². The van der Waals surface area contributed by atoms with Gasteiger partial charge in [0.05, 0.1) is 22.1 Å². The van der Waals surface area contributed by atoms with Crippen molar-refractivity contribution in [2.45, 2.75) is 0 Å². The van der Waals surface area contributed by atoms with Crippen molar-refractivity contribution in [2.24, 2.45) is 0 Å². The highest BCUT2D eigenvalue weighted by Crippen LogP contribution is 2.55. The minimum atomic E-state index is -1.06. The van der Waals surface area contributed by atoms with E-state index in [-0.39, 0.29) is 17.0 Å². The van der Waals surface area contributed by atoms with Crippen LogP contribution in [0, 0.1) is 0 Å². The molecule has 10 rings (SSSR count). The van der Waals surface area contributed by atoms with Crippen LogP contribution in [0.4, 0.5) is 0 Å². The molecule has 0 fully saturated rings. The lowest BCUT2D eigenvalue weighted by Crippen LogP contribution is -1.99. The lowest BCUT2D eigenvalue weighted by molar-refractivity contribution is 0.330. The van der Waals surface area contributed by atoms with Crippen LogP contribution < -0.4 is 0 Å². The van der Waals surface area contributed by atoms with Gasteiger partial charge in [-0.3, -0.25) is 4.98 Å². The maximum absolute atomic E-state index is 10.9. The Bertz CT molecular complexity index is 3080. The fraction of sp³-hybridized carbons (Fsp3) is 0. The number of pyridine rings is 1. The third-order valence-electron chi connectivity index (χ3n) is 9.57. The quantitative estimate of drug-likeness (QED) is 0.0914. The average molecular weight is 685 g/mol. The molecule has 0 bridgehead atoms. The zero-order chi connectivity index (χ0) is 34.5. The molecule has 0 atom stereocenters. The molecule has 10 aromatic rings. The summed E-state index contributed by atoms with van der Waals surface area (Å²) in [4.78, 5) is 13.9. The highest BCUT2D eigenvalue weighted by Gasteiger charge is 2.28. The third-order valence-corrected chi connectivity index (χ3v) is 10.8. The fourth-order valence-corrected chi connectivity index (χ4v) is 8.59. The van der Waals surface area contributed by atoms with Gasteiger partial charge in [-0.05, 0) is 41.8 Å². The van der Waals surface area contributed by atoms with Crippen molar-refractivity contribution in [2.75, 3.05) is 0 Å². The normalized spacial score (nSPS) is 11.9. The van der Waals surface area contributed by atoms with Gasteiger partial charge in [-0.25, -0.2) is 9.97 Å². The standard InChI is InChI=1S/C41H24N4O5S/c46-35-31(36(47)38(49)39(50)37(35)48)33-32-26(15-8-18-42-32)43-41(44-33)20-9-7-10-21(19-20)45-27-16-5-3-13-24(27)29-22-11-1-2-12-23(22)40-30(34(29)45)25-14-4-6-17-28(25)51-40/h1-19,46-50H. The fourth-order valence-electron chi connectivity index (χ4n) is 7.35. The van der Waals surface area contributed by atoms with E-state index in [0.29, 0.717) is 11.1 Å². The molecule has 4 heterocycles. The Morgan fingerprint density at radius 3 is 2.06 bits per heavy atom. The first-order valence-electron chi connectivity index (χ1n) is 16.1. The molecule has 10 heteroatoms. The second kappa shape index (κ2) is 10.5. The predicted octanol–water partition coefficient (Wildman–Crippen LogP) is 9.50. The summed E-state index contributed by atoms with van der Waals surface area (Å²) in [6, 6.07) is 36.7. The maximum atomic E-state index is 10.9. The van der Waals surface area contributed by atoms with Crippen LogP contribution in [0.3, 0.4) is 0 Å². The number of benzene rings is 6. The van der Waals surface area contributed by atoms with E-state index in [0.717, 1.165) is 27.5 Å². The van der Waals surface area contributed by atoms with Crippen LogP contribution >= 0.6 is 11.3 Å². The van der Waals surface area contributed by atoms with Crippen molar-refractivity contribution < 1.29 is 25.5 Å². The Labute approximate surface area is 291 Å². The van der Waals surface area contributed by atoms with Gasteiger partial charge in [-0.1, -0.05) is 72.8 Å². The topological polar surface area (TPSA) is 145 Å². The molecule has 0 unspecified atom stereocenters. The number of hydrogen-bond acceptors (Lipinski definition) is 9. The van der Waals surface area contributed by atoms with Crippen LogP contribution in [0.5, 0.6) is 28.7 Å². The van der Waals surface area contributed by atoms with Gasteiger partial charge >= 0.3 is 0 Å². The van der Waals surface area contributed by atoms with Crippen molar-refractivity contribution >= 4 is 75.1 Å². The molecule has 0 aliphatic carbocycles. The average Bonchev–Trinajstić information content (AvgIpc) is 3.73. The zero-order valence-electron chi connectivity index (χ0n) is 26.4. The van der Waals surface area contributed by atoms with Gasteiger partial charge in [0.1, 0.15) is 11.2 Å². The second-order valence-electron chi connectivity index (χ2n) is 12.4. The van der Waals surface area contributed by atoms with Crippen LogP contribution in [0.15, 0.2) is 115 Å². The van der Waals surface area contributed by atoms with Crippen molar-refractivity contribution in [3.05, 3.63) is 115 Å². The number of phenolic OH excluding ortho intramolecular Hbond substituents is 5. The Balaban J connectivity index is 1.29. The molecule has 0 spiro atoms. The lowest BCUT2D eigenvalue weighted by atomic mass is 10.00. The number of rotatable bonds is 3. The highest BCUT2D eigenvalue weighted by molar-refractivity contribution is 7.27. The molecule has 0 aliphatic rings. The largest absolute Gasteiger partial charge is 0.504 e. The van der Waals surface area contributed by atoms with Gasteiger partial charge < -0.3 is 30.1 Å². The summed E-state index contributed by atoms with van der Waals surface area (Å²) in [6.07, 6.45) is 1.50. The van der Waals surface area contributed by atoms with E-state index in [1.54, 1.807) is 23.5 Å². The SMILES string of the molecule is Oc1c(O)c(O)c(-c2nc(-c3cccc(-n4c5ccccc5c5c6ccccc6c6sc7ccccc7c6c54)c3)nc3cccnc23)c(O)c1O. The molecule has 5 N–H and O–H groups in total. The molecular formula is C41H24N4O5S. The Morgan fingerprint density at radius 1 is 0.569 bits per heavy atom. The summed E-state index contributed by atoms with van der Waals surface area (Å²) in [5.41, 5.74) is 3.78. The van der Waals surface area contributed by atoms with Crippen molar-refractivity contribution in [1.29, 1.82) is 0 Å². The van der Waals surface area contributed by atoms with E-state index < -0.39 is 34.3 Å². The third kappa shape index (κ3) is 3.99. The van der Waals surface area contributed by atoms with E-state index >= 15 is 0 Å². The molecule has 6 aromatic carbocycles. The summed E-state index contributed by atoms with van der Waals surface area (Å²) in [6.45, 7) is 0. The monoisotopic (exact) mass is 684 g/mol. The van der Waals surface area contributed by atoms with Crippen LogP contribution in [0.1, 0.15) is 0 Å². The van der Waals surface area contributed by atoms with Gasteiger partial charge in [-0.15, -0.1) is 11.3 Å². The zero-order valence-corrected chi connectivity index (χ0v) is 27.2. The van der Waals surface area contributed by atoms with Gasteiger partial charge in [0.25, 0.3) is 0 Å². The molecule has 0 radical (unpaired) electrons. The Kier molecular flexibility index (Phi) is 6.00. The highest BCUT2D eigenvalue weighted by atomic mass is 32.1. The number of aromatic nitrogens is 4. The first-order valence-corrected chi connectivity index (χ1v) is 16.9. The van der Waals surface area contributed by atoms with Gasteiger partial charge in [0.2, 0.25) is 17.2 Å². The van der Waals surface area contributed by atoms with Crippen LogP contribution in [0.25, 0.3) is 92.1 Å². The summed E-state index contributed by atoms with van der Waals surface area (Å²) in [5.74, 6) is -4.54. The predicted molar refractivity (Wildman–Crippen MR) is 201 cm³/mol. The van der Waals surface area contributed by atoms with Gasteiger partial charge in [-0.2, -0.15) is 0 Å². The smallest absolute Gasteiger partial charge is 0.208 e. The summed E-state index contributed by atoms with van der Waals surface area (Å²) in [5, 5.41) is 59.6. The number of para-hydroxylation sites is 1. The second-order valence-corrected chi connectivity index (χ2v) is 13.4. The number of phenols is 5. The van der Waals surface area contributed by atoms with Crippen LogP contribution in [-0.4, -0.2) is 45.1 Å². The molecule has 0 aliphatic heterocycles. The van der Waals surface area contributed by atoms with E-state index in [1.165, 1.54) is 37.1 Å². The van der Waals surface area contributed by atoms with Crippen molar-refractivity contribution in [1.82, 2.24) is 19.5 Å². The van der Waals surface area contributed by atoms with Gasteiger partial charge in [0.15, 0.2) is 17.3 Å². The maximum Gasteiger partial charge on any atom is 0.208 e. The summed E-state index contributed by atoms with van der Waals surface area (Å²) < 4.78 is 4.72. The molecule has 9 nitrogen and oxygen atoms in total. The minimum absolute atomic E-state index is 0.0450. The molecule has 0 saturated heterocycles. The van der Waals surface area contributed by atoms with E-state index in [2.05, 4.69) is 76.3 Å². The Morgan fingerprint density at radius 2 is 1.25 bits per heavy atom. The minimum Gasteiger partial charge on any atom is -0.504 e. The van der Waals surface area contributed by atoms with E-state index in [1.807, 2.05) is 30.3 Å². The first-order chi connectivity index (χ1) is 24.9. The number of thiophene rings is 1. The van der Waals surface area contributed by atoms with Gasteiger partial charge in [0, 0.05) is 53.8 Å². The molecule has 4 aromatic heterocycles. The van der Waals surface area contributed by atoms with Crippen LogP contribution in [-0.2, 0) is 0 Å². The molecule has 0 saturated carbocycles. The summed E-state index contributed by atoms with van der Waals surface area (Å²) >= 11 is 1.79. The first kappa shape index (κ1) is 29.0. The molecule has 51 heavy (non-hydrogen) atoms. The summed E-state index contributed by atoms with van der Waals surface area (Å²) in [7, 11) is 0. The van der Waals surface area contributed by atoms with Crippen molar-refractivity contribution in [3.8, 4) is 57.1 Å². The van der Waals surface area contributed by atoms with Crippen molar-refractivity contribution in [3.63, 3.8) is 0 Å². The number of hydrogen-bond donors (Lipinski definition) is 5. The Hall–Kier alpha value is -6.91. The lowest BCUT2D eigenvalue weighted by Gasteiger charge is -2.15. The van der Waals surface area contributed by atoms with E-state index in [9.17, 15) is 25.5 Å². The van der Waals surface area contributed by atoms with Crippen LogP contribution in [0.2, 0.25) is 0 Å². The molecule has 244 valence electrons. The molecular weight excluding hydrogens is 661 g/mol. The molecule has 0 amide bonds. The number of fused-ring (bicyclic) bond motifs is 11.